The van der Waals surface area contributed by atoms with Gasteiger partial charge in [0, 0.05) is 17.5 Å². The van der Waals surface area contributed by atoms with E-state index in [1.807, 2.05) is 0 Å². The number of nitrogens with one attached hydrogen (secondary N) is 1. The van der Waals surface area contributed by atoms with E-state index < -0.39 is 16.0 Å². The van der Waals surface area contributed by atoms with Gasteiger partial charge < -0.3 is 5.11 Å². The van der Waals surface area contributed by atoms with Gasteiger partial charge in [-0.25, -0.2) is 8.42 Å². The quantitative estimate of drug-likeness (QED) is 0.820. The number of benzene rings is 1. The Morgan fingerprint density at radius 1 is 1.19 bits per heavy atom. The van der Waals surface area contributed by atoms with Crippen LogP contribution >= 0.6 is 11.3 Å². The topological polar surface area (TPSA) is 83.5 Å². The van der Waals surface area contributed by atoms with Crippen LogP contribution in [0.1, 0.15) is 18.4 Å². The van der Waals surface area contributed by atoms with Crippen LogP contribution in [0.5, 0.6) is 0 Å². The number of hydrogen-bond acceptors (Lipinski definition) is 4. The van der Waals surface area contributed by atoms with Crippen molar-refractivity contribution in [3.8, 4) is 0 Å². The Bertz CT molecular complexity index is 691. The molecule has 0 aliphatic carbocycles. The van der Waals surface area contributed by atoms with Crippen LogP contribution in [0.25, 0.3) is 0 Å². The molecule has 1 aromatic carbocycles. The lowest BCUT2D eigenvalue weighted by atomic mass is 10.1. The van der Waals surface area contributed by atoms with Crippen LogP contribution in [0.3, 0.4) is 0 Å². The molecule has 0 radical (unpaired) electrons. The van der Waals surface area contributed by atoms with Gasteiger partial charge in [0.25, 0.3) is 10.0 Å². The molecule has 0 saturated carbocycles. The lowest BCUT2D eigenvalue weighted by Crippen LogP contribution is -2.11. The van der Waals surface area contributed by atoms with Crippen molar-refractivity contribution in [3.63, 3.8) is 0 Å². The number of aryl methyl sites for hydroxylation is 1. The molecule has 2 N–H and O–H groups in total. The first-order valence-electron chi connectivity index (χ1n) is 6.33. The average Bonchev–Trinajstić information content (AvgIpc) is 2.95. The van der Waals surface area contributed by atoms with Gasteiger partial charge in [-0.05, 0) is 42.0 Å². The molecule has 0 amide bonds. The highest BCUT2D eigenvalue weighted by Gasteiger charge is 2.14. The second-order valence-corrected chi connectivity index (χ2v) is 6.97. The number of anilines is 1. The number of hydrogen-bond donors (Lipinski definition) is 2. The van der Waals surface area contributed by atoms with E-state index >= 15 is 0 Å². The lowest BCUT2D eigenvalue weighted by Gasteiger charge is -2.07. The fourth-order valence-electron chi connectivity index (χ4n) is 1.80. The average molecular weight is 325 g/mol. The van der Waals surface area contributed by atoms with E-state index in [-0.39, 0.29) is 11.3 Å². The molecule has 0 fully saturated rings. The molecular weight excluding hydrogens is 310 g/mol. The second-order valence-electron chi connectivity index (χ2n) is 4.51. The molecule has 0 aliphatic rings. The molecule has 7 heteroatoms. The summed E-state index contributed by atoms with van der Waals surface area (Å²) >= 11 is 1.32. The number of aliphatic carboxylic acids is 1. The zero-order chi connectivity index (χ0) is 15.3. The maximum absolute atomic E-state index is 12.0. The highest BCUT2D eigenvalue weighted by atomic mass is 32.2. The first-order chi connectivity index (χ1) is 9.97. The Morgan fingerprint density at radius 2 is 1.90 bits per heavy atom. The highest BCUT2D eigenvalue weighted by molar-refractivity contribution is 7.92. The van der Waals surface area contributed by atoms with E-state index in [9.17, 15) is 13.2 Å². The first-order valence-corrected chi connectivity index (χ1v) is 8.76. The monoisotopic (exact) mass is 325 g/mol. The van der Waals surface area contributed by atoms with Crippen molar-refractivity contribution in [2.45, 2.75) is 24.2 Å². The van der Waals surface area contributed by atoms with Crippen molar-refractivity contribution in [3.05, 3.63) is 46.7 Å². The summed E-state index contributed by atoms with van der Waals surface area (Å²) in [5, 5.41) is 11.9. The molecule has 0 atom stereocenters. The maximum atomic E-state index is 12.0. The van der Waals surface area contributed by atoms with Crippen LogP contribution in [0.4, 0.5) is 5.69 Å². The van der Waals surface area contributed by atoms with Gasteiger partial charge in [0.1, 0.15) is 0 Å². The molecule has 0 saturated heterocycles. The zero-order valence-electron chi connectivity index (χ0n) is 11.2. The molecule has 0 aliphatic heterocycles. The van der Waals surface area contributed by atoms with Crippen molar-refractivity contribution < 1.29 is 18.3 Å². The number of carboxylic acids is 1. The standard InChI is InChI=1S/C14H15NO4S2/c16-14(17)3-1-2-11-4-6-12(7-5-11)15-21(18,19)13-8-9-20-10-13/h4-10,15H,1-3H2,(H,16,17). The number of rotatable bonds is 7. The fourth-order valence-corrected chi connectivity index (χ4v) is 3.89. The molecule has 112 valence electrons. The number of carbonyl (C=O) groups is 1. The normalized spacial score (nSPS) is 11.2. The molecule has 2 rings (SSSR count). The van der Waals surface area contributed by atoms with Crippen molar-refractivity contribution in [1.29, 1.82) is 0 Å². The molecule has 0 unspecified atom stereocenters. The molecule has 0 spiro atoms. The van der Waals surface area contributed by atoms with Gasteiger partial charge in [-0.15, -0.1) is 0 Å². The Balaban J connectivity index is 1.98. The predicted octanol–water partition coefficient (Wildman–Crippen LogP) is 2.96. The molecule has 1 aromatic heterocycles. The van der Waals surface area contributed by atoms with Gasteiger partial charge in [0.05, 0.1) is 4.90 Å². The van der Waals surface area contributed by atoms with Crippen LogP contribution < -0.4 is 4.72 Å². The molecule has 5 nitrogen and oxygen atoms in total. The summed E-state index contributed by atoms with van der Waals surface area (Å²) in [7, 11) is -3.53. The third-order valence-corrected chi connectivity index (χ3v) is 5.08. The Kier molecular flexibility index (Phi) is 4.98. The van der Waals surface area contributed by atoms with Gasteiger partial charge in [0.2, 0.25) is 0 Å². The maximum Gasteiger partial charge on any atom is 0.303 e. The van der Waals surface area contributed by atoms with E-state index in [1.165, 1.54) is 11.3 Å². The van der Waals surface area contributed by atoms with Crippen LogP contribution in [0, 0.1) is 0 Å². The third kappa shape index (κ3) is 4.57. The lowest BCUT2D eigenvalue weighted by molar-refractivity contribution is -0.137. The summed E-state index contributed by atoms with van der Waals surface area (Å²) in [6.07, 6.45) is 1.35. The zero-order valence-corrected chi connectivity index (χ0v) is 12.8. The van der Waals surface area contributed by atoms with E-state index in [1.54, 1.807) is 41.1 Å². The molecule has 0 bridgehead atoms. The van der Waals surface area contributed by atoms with E-state index in [4.69, 9.17) is 5.11 Å². The summed E-state index contributed by atoms with van der Waals surface area (Å²) in [6, 6.07) is 8.51. The van der Waals surface area contributed by atoms with Gasteiger partial charge in [-0.2, -0.15) is 11.3 Å². The second kappa shape index (κ2) is 6.73. The highest BCUT2D eigenvalue weighted by Crippen LogP contribution is 2.19. The number of thiophene rings is 1. The SMILES string of the molecule is O=C(O)CCCc1ccc(NS(=O)(=O)c2ccsc2)cc1. The minimum absolute atomic E-state index is 0.131. The summed E-state index contributed by atoms with van der Waals surface area (Å²) in [5.74, 6) is -0.810. The minimum Gasteiger partial charge on any atom is -0.481 e. The fraction of sp³-hybridized carbons (Fsp3) is 0.214. The third-order valence-electron chi connectivity index (χ3n) is 2.87. The van der Waals surface area contributed by atoms with Gasteiger partial charge >= 0.3 is 5.97 Å². The minimum atomic E-state index is -3.53. The number of sulfonamides is 1. The van der Waals surface area contributed by atoms with E-state index in [2.05, 4.69) is 4.72 Å². The first kappa shape index (κ1) is 15.5. The Morgan fingerprint density at radius 3 is 2.48 bits per heavy atom. The number of carboxylic acid groups (broad SMARTS) is 1. The van der Waals surface area contributed by atoms with E-state index in [0.717, 1.165) is 5.56 Å². The Hall–Kier alpha value is -1.86. The molecular formula is C14H15NO4S2. The van der Waals surface area contributed by atoms with E-state index in [0.29, 0.717) is 18.5 Å². The molecule has 21 heavy (non-hydrogen) atoms. The van der Waals surface area contributed by atoms with Crippen molar-refractivity contribution >= 4 is 33.0 Å². The van der Waals surface area contributed by atoms with Crippen molar-refractivity contribution in [2.75, 3.05) is 4.72 Å². The largest absolute Gasteiger partial charge is 0.481 e. The Labute approximate surface area is 127 Å². The van der Waals surface area contributed by atoms with Gasteiger partial charge in [-0.3, -0.25) is 9.52 Å². The van der Waals surface area contributed by atoms with Gasteiger partial charge in [-0.1, -0.05) is 12.1 Å². The van der Waals surface area contributed by atoms with Crippen LogP contribution in [-0.2, 0) is 21.2 Å². The van der Waals surface area contributed by atoms with Crippen LogP contribution in [-0.4, -0.2) is 19.5 Å². The summed E-state index contributed by atoms with van der Waals surface area (Å²) in [5.41, 5.74) is 1.47. The summed E-state index contributed by atoms with van der Waals surface area (Å²) < 4.78 is 26.6. The van der Waals surface area contributed by atoms with Crippen molar-refractivity contribution in [1.82, 2.24) is 0 Å². The predicted molar refractivity (Wildman–Crippen MR) is 82.1 cm³/mol. The smallest absolute Gasteiger partial charge is 0.303 e. The summed E-state index contributed by atoms with van der Waals surface area (Å²) in [6.45, 7) is 0. The van der Waals surface area contributed by atoms with Gasteiger partial charge in [0.15, 0.2) is 0 Å². The molecule has 1 heterocycles. The van der Waals surface area contributed by atoms with Crippen LogP contribution in [0.15, 0.2) is 46.0 Å². The van der Waals surface area contributed by atoms with Crippen molar-refractivity contribution in [2.24, 2.45) is 0 Å². The summed E-state index contributed by atoms with van der Waals surface area (Å²) in [4.78, 5) is 10.7. The van der Waals surface area contributed by atoms with Crippen LogP contribution in [0.2, 0.25) is 0 Å². The molecule has 2 aromatic rings.